The van der Waals surface area contributed by atoms with Crippen molar-refractivity contribution in [1.29, 1.82) is 0 Å². The van der Waals surface area contributed by atoms with Crippen LogP contribution in [0.2, 0.25) is 0 Å². The Morgan fingerprint density at radius 2 is 1.77 bits per heavy atom. The number of sulfonamides is 1. The average Bonchev–Trinajstić information content (AvgIpc) is 3.28. The highest BCUT2D eigenvalue weighted by Gasteiger charge is 2.29. The molecule has 30 heavy (non-hydrogen) atoms. The topological polar surface area (TPSA) is 80.5 Å². The van der Waals surface area contributed by atoms with Gasteiger partial charge in [-0.05, 0) is 36.3 Å². The van der Waals surface area contributed by atoms with E-state index in [2.05, 4.69) is 55.2 Å². The standard InChI is InChI=1S/C21H29N5O2S2/c1-14(2)13-16-5-7-17(8-6-16)15(3)20-24-26-19(22-23-21(26)29-20)18-9-11-25(12-10-18)30(4,27)28/h5-8,14-15,18H,9-13H2,1-4H3. The Kier molecular flexibility index (Phi) is 5.96. The molecule has 9 heteroatoms. The molecule has 1 aliphatic heterocycles. The number of fused-ring (bicyclic) bond motifs is 1. The summed E-state index contributed by atoms with van der Waals surface area (Å²) >= 11 is 1.58. The molecule has 0 amide bonds. The van der Waals surface area contributed by atoms with Crippen molar-refractivity contribution in [2.45, 2.75) is 51.9 Å². The van der Waals surface area contributed by atoms with Crippen LogP contribution in [0.25, 0.3) is 4.96 Å². The first-order valence-corrected chi connectivity index (χ1v) is 13.1. The number of nitrogens with zero attached hydrogens (tertiary/aromatic N) is 5. The minimum atomic E-state index is -3.13. The predicted molar refractivity (Wildman–Crippen MR) is 120 cm³/mol. The lowest BCUT2D eigenvalue weighted by Crippen LogP contribution is -2.37. The quantitative estimate of drug-likeness (QED) is 0.576. The largest absolute Gasteiger partial charge is 0.234 e. The van der Waals surface area contributed by atoms with Crippen LogP contribution in [0.4, 0.5) is 0 Å². The van der Waals surface area contributed by atoms with E-state index in [1.54, 1.807) is 15.6 Å². The first kappa shape index (κ1) is 21.4. The lowest BCUT2D eigenvalue weighted by atomic mass is 9.97. The number of piperidine rings is 1. The summed E-state index contributed by atoms with van der Waals surface area (Å²) in [4.78, 5) is 0.800. The van der Waals surface area contributed by atoms with Crippen LogP contribution in [0.15, 0.2) is 24.3 Å². The van der Waals surface area contributed by atoms with Gasteiger partial charge in [0.2, 0.25) is 15.0 Å². The summed E-state index contributed by atoms with van der Waals surface area (Å²) in [5.74, 6) is 1.86. The summed E-state index contributed by atoms with van der Waals surface area (Å²) in [6, 6.07) is 8.83. The fraction of sp³-hybridized carbons (Fsp3) is 0.571. The van der Waals surface area contributed by atoms with Crippen molar-refractivity contribution < 1.29 is 8.42 Å². The molecule has 7 nitrogen and oxygen atoms in total. The fourth-order valence-electron chi connectivity index (χ4n) is 4.08. The maximum atomic E-state index is 11.8. The molecular formula is C21H29N5O2S2. The second kappa shape index (κ2) is 8.36. The van der Waals surface area contributed by atoms with Gasteiger partial charge in [0, 0.05) is 24.9 Å². The summed E-state index contributed by atoms with van der Waals surface area (Å²) in [6.45, 7) is 7.69. The third kappa shape index (κ3) is 4.43. The zero-order valence-corrected chi connectivity index (χ0v) is 19.6. The summed E-state index contributed by atoms with van der Waals surface area (Å²) in [6.07, 6.45) is 3.85. The van der Waals surface area contributed by atoms with Gasteiger partial charge in [0.05, 0.1) is 6.26 Å². The molecule has 4 rings (SSSR count). The van der Waals surface area contributed by atoms with Crippen molar-refractivity contribution >= 4 is 26.3 Å². The van der Waals surface area contributed by atoms with Crippen LogP contribution in [0.1, 0.15) is 67.4 Å². The monoisotopic (exact) mass is 447 g/mol. The Balaban J connectivity index is 1.51. The van der Waals surface area contributed by atoms with Crippen molar-refractivity contribution in [3.63, 3.8) is 0 Å². The Morgan fingerprint density at radius 1 is 1.10 bits per heavy atom. The molecule has 1 fully saturated rings. The lowest BCUT2D eigenvalue weighted by molar-refractivity contribution is 0.313. The highest BCUT2D eigenvalue weighted by molar-refractivity contribution is 7.88. The van der Waals surface area contributed by atoms with Crippen molar-refractivity contribution in [2.75, 3.05) is 19.3 Å². The van der Waals surface area contributed by atoms with E-state index in [-0.39, 0.29) is 11.8 Å². The second-order valence-electron chi connectivity index (χ2n) is 8.69. The Hall–Kier alpha value is -1.84. The molecule has 0 N–H and O–H groups in total. The SMILES string of the molecule is CC(C)Cc1ccc(C(C)c2nn3c(C4CCN(S(C)(=O)=O)CC4)nnc3s2)cc1. The zero-order valence-electron chi connectivity index (χ0n) is 17.9. The van der Waals surface area contributed by atoms with E-state index in [1.165, 1.54) is 17.4 Å². The molecular weight excluding hydrogens is 418 g/mol. The molecule has 1 aromatic carbocycles. The van der Waals surface area contributed by atoms with Crippen LogP contribution in [0.3, 0.4) is 0 Å². The van der Waals surface area contributed by atoms with Crippen molar-refractivity contribution in [3.8, 4) is 0 Å². The maximum Gasteiger partial charge on any atom is 0.234 e. The van der Waals surface area contributed by atoms with Gasteiger partial charge in [0.15, 0.2) is 5.82 Å². The highest BCUT2D eigenvalue weighted by Crippen LogP contribution is 2.32. The molecule has 162 valence electrons. The van der Waals surface area contributed by atoms with Gasteiger partial charge in [-0.2, -0.15) is 9.61 Å². The van der Waals surface area contributed by atoms with E-state index in [0.29, 0.717) is 19.0 Å². The summed E-state index contributed by atoms with van der Waals surface area (Å²) < 4.78 is 26.9. The number of benzene rings is 1. The van der Waals surface area contributed by atoms with Crippen LogP contribution < -0.4 is 0 Å². The first-order chi connectivity index (χ1) is 14.2. The first-order valence-electron chi connectivity index (χ1n) is 10.5. The molecule has 0 bridgehead atoms. The third-order valence-corrected chi connectivity index (χ3v) is 8.20. The normalized spacial score (nSPS) is 17.8. The van der Waals surface area contributed by atoms with Crippen molar-refractivity contribution in [1.82, 2.24) is 24.1 Å². The summed E-state index contributed by atoms with van der Waals surface area (Å²) in [5, 5.41) is 14.6. The molecule has 1 aliphatic rings. The molecule has 0 saturated carbocycles. The Morgan fingerprint density at radius 3 is 2.37 bits per heavy atom. The molecule has 3 heterocycles. The molecule has 0 aliphatic carbocycles. The number of hydrogen-bond acceptors (Lipinski definition) is 6. The van der Waals surface area contributed by atoms with E-state index in [1.807, 2.05) is 4.52 Å². The minimum Gasteiger partial charge on any atom is -0.213 e. The molecule has 2 aromatic heterocycles. The lowest BCUT2D eigenvalue weighted by Gasteiger charge is -2.28. The van der Waals surface area contributed by atoms with Crippen molar-refractivity contribution in [3.05, 3.63) is 46.2 Å². The molecule has 1 saturated heterocycles. The van der Waals surface area contributed by atoms with Gasteiger partial charge in [-0.15, -0.1) is 10.2 Å². The zero-order chi connectivity index (χ0) is 21.5. The smallest absolute Gasteiger partial charge is 0.213 e. The molecule has 1 atom stereocenters. The maximum absolute atomic E-state index is 11.8. The van der Waals surface area contributed by atoms with Crippen LogP contribution in [-0.2, 0) is 16.4 Å². The minimum absolute atomic E-state index is 0.179. The molecule has 0 radical (unpaired) electrons. The van der Waals surface area contributed by atoms with E-state index >= 15 is 0 Å². The van der Waals surface area contributed by atoms with E-state index in [4.69, 9.17) is 5.10 Å². The summed E-state index contributed by atoms with van der Waals surface area (Å²) in [7, 11) is -3.13. The van der Waals surface area contributed by atoms with Gasteiger partial charge in [0.1, 0.15) is 5.01 Å². The van der Waals surface area contributed by atoms with E-state index < -0.39 is 10.0 Å². The number of rotatable bonds is 6. The van der Waals surface area contributed by atoms with Gasteiger partial charge in [-0.25, -0.2) is 12.7 Å². The second-order valence-corrected chi connectivity index (χ2v) is 11.7. The predicted octanol–water partition coefficient (Wildman–Crippen LogP) is 3.68. The van der Waals surface area contributed by atoms with E-state index in [0.717, 1.165) is 35.1 Å². The molecule has 1 unspecified atom stereocenters. The van der Waals surface area contributed by atoms with E-state index in [9.17, 15) is 8.42 Å². The van der Waals surface area contributed by atoms with Gasteiger partial charge in [-0.3, -0.25) is 0 Å². The van der Waals surface area contributed by atoms with Gasteiger partial charge < -0.3 is 0 Å². The Bertz CT molecular complexity index is 1110. The molecule has 0 spiro atoms. The number of aromatic nitrogens is 4. The van der Waals surface area contributed by atoms with Gasteiger partial charge in [0.25, 0.3) is 0 Å². The van der Waals surface area contributed by atoms with Crippen LogP contribution >= 0.6 is 11.3 Å². The molecule has 3 aromatic rings. The van der Waals surface area contributed by atoms with Gasteiger partial charge >= 0.3 is 0 Å². The van der Waals surface area contributed by atoms with Gasteiger partial charge in [-0.1, -0.05) is 56.4 Å². The average molecular weight is 448 g/mol. The fourth-order valence-corrected chi connectivity index (χ4v) is 5.88. The Labute approximate surface area is 182 Å². The van der Waals surface area contributed by atoms with Crippen molar-refractivity contribution in [2.24, 2.45) is 5.92 Å². The summed E-state index contributed by atoms with van der Waals surface area (Å²) in [5.41, 5.74) is 2.61. The van der Waals surface area contributed by atoms with Crippen LogP contribution in [0, 0.1) is 5.92 Å². The third-order valence-electron chi connectivity index (χ3n) is 5.81. The van der Waals surface area contributed by atoms with Crippen LogP contribution in [-0.4, -0.2) is 51.9 Å². The van der Waals surface area contributed by atoms with Crippen LogP contribution in [0.5, 0.6) is 0 Å². The number of hydrogen-bond donors (Lipinski definition) is 0. The highest BCUT2D eigenvalue weighted by atomic mass is 32.2.